The molecular formula is C16H22FN3O. The van der Waals surface area contributed by atoms with Crippen LogP contribution >= 0.6 is 0 Å². The molecule has 2 amide bonds. The summed E-state index contributed by atoms with van der Waals surface area (Å²) < 4.78 is 12.9. The number of urea groups is 1. The van der Waals surface area contributed by atoms with Gasteiger partial charge in [0.1, 0.15) is 5.82 Å². The molecule has 0 aliphatic carbocycles. The summed E-state index contributed by atoms with van der Waals surface area (Å²) in [5.41, 5.74) is 1.12. The van der Waals surface area contributed by atoms with Gasteiger partial charge in [-0.15, -0.1) is 6.58 Å². The second-order valence-electron chi connectivity index (χ2n) is 5.32. The number of halogens is 1. The molecule has 1 aliphatic heterocycles. The highest BCUT2D eigenvalue weighted by molar-refractivity contribution is 5.74. The number of hydrogen-bond donors (Lipinski definition) is 2. The van der Waals surface area contributed by atoms with Gasteiger partial charge in [-0.3, -0.25) is 4.90 Å². The van der Waals surface area contributed by atoms with Crippen LogP contribution in [-0.4, -0.2) is 36.6 Å². The molecule has 21 heavy (non-hydrogen) atoms. The standard InChI is InChI=1S/C16H22FN3O/c1-2-9-18-16(21)19-15-7-10-20(11-8-15)12-13-3-5-14(17)6-4-13/h2-6,15H,1,7-12H2,(H2,18,19,21). The Hall–Kier alpha value is -1.88. The zero-order valence-corrected chi connectivity index (χ0v) is 12.1. The minimum Gasteiger partial charge on any atom is -0.335 e. The maximum absolute atomic E-state index is 12.9. The lowest BCUT2D eigenvalue weighted by atomic mass is 10.0. The van der Waals surface area contributed by atoms with Crippen LogP contribution in [0.4, 0.5) is 9.18 Å². The van der Waals surface area contributed by atoms with Gasteiger partial charge in [-0.05, 0) is 30.5 Å². The lowest BCUT2D eigenvalue weighted by Gasteiger charge is -2.32. The third-order valence-corrected chi connectivity index (χ3v) is 3.65. The first-order valence-corrected chi connectivity index (χ1v) is 7.29. The molecule has 114 valence electrons. The molecule has 0 saturated carbocycles. The number of likely N-dealkylation sites (tertiary alicyclic amines) is 1. The predicted molar refractivity (Wildman–Crippen MR) is 81.4 cm³/mol. The van der Waals surface area contributed by atoms with E-state index in [1.807, 2.05) is 12.1 Å². The van der Waals surface area contributed by atoms with E-state index in [-0.39, 0.29) is 17.9 Å². The van der Waals surface area contributed by atoms with Gasteiger partial charge in [0.05, 0.1) is 0 Å². The van der Waals surface area contributed by atoms with E-state index >= 15 is 0 Å². The molecule has 5 heteroatoms. The molecule has 0 spiro atoms. The van der Waals surface area contributed by atoms with Gasteiger partial charge >= 0.3 is 6.03 Å². The molecule has 1 aromatic rings. The molecule has 0 aromatic heterocycles. The van der Waals surface area contributed by atoms with Gasteiger partial charge in [-0.1, -0.05) is 18.2 Å². The lowest BCUT2D eigenvalue weighted by Crippen LogP contribution is -2.47. The minimum absolute atomic E-state index is 0.133. The van der Waals surface area contributed by atoms with Crippen LogP contribution in [0, 0.1) is 5.82 Å². The van der Waals surface area contributed by atoms with E-state index in [1.54, 1.807) is 6.08 Å². The van der Waals surface area contributed by atoms with Crippen LogP contribution in [0.3, 0.4) is 0 Å². The van der Waals surface area contributed by atoms with Crippen LogP contribution in [0.25, 0.3) is 0 Å². The Balaban J connectivity index is 1.71. The Morgan fingerprint density at radius 3 is 2.62 bits per heavy atom. The van der Waals surface area contributed by atoms with Crippen LogP contribution in [0.2, 0.25) is 0 Å². The molecule has 2 rings (SSSR count). The van der Waals surface area contributed by atoms with E-state index in [0.29, 0.717) is 6.54 Å². The fourth-order valence-electron chi connectivity index (χ4n) is 2.48. The van der Waals surface area contributed by atoms with Crippen molar-refractivity contribution in [3.05, 3.63) is 48.3 Å². The lowest BCUT2D eigenvalue weighted by molar-refractivity contribution is 0.187. The van der Waals surface area contributed by atoms with Crippen molar-refractivity contribution in [2.75, 3.05) is 19.6 Å². The first-order chi connectivity index (χ1) is 10.2. The monoisotopic (exact) mass is 291 g/mol. The van der Waals surface area contributed by atoms with Crippen molar-refractivity contribution in [2.45, 2.75) is 25.4 Å². The van der Waals surface area contributed by atoms with Crippen molar-refractivity contribution in [3.8, 4) is 0 Å². The maximum atomic E-state index is 12.9. The highest BCUT2D eigenvalue weighted by Gasteiger charge is 2.20. The summed E-state index contributed by atoms with van der Waals surface area (Å²) in [6, 6.07) is 6.72. The normalized spacial score (nSPS) is 16.4. The molecular weight excluding hydrogens is 269 g/mol. The molecule has 1 saturated heterocycles. The van der Waals surface area contributed by atoms with Gasteiger partial charge in [-0.25, -0.2) is 9.18 Å². The summed E-state index contributed by atoms with van der Waals surface area (Å²) in [6.45, 7) is 6.74. The van der Waals surface area contributed by atoms with E-state index in [1.165, 1.54) is 12.1 Å². The van der Waals surface area contributed by atoms with Crippen LogP contribution in [0.1, 0.15) is 18.4 Å². The Kier molecular flexibility index (Phi) is 5.75. The van der Waals surface area contributed by atoms with E-state index in [2.05, 4.69) is 22.1 Å². The van der Waals surface area contributed by atoms with Gasteiger partial charge in [0.15, 0.2) is 0 Å². The number of hydrogen-bond acceptors (Lipinski definition) is 2. The summed E-state index contributed by atoms with van der Waals surface area (Å²) in [5.74, 6) is -0.202. The largest absolute Gasteiger partial charge is 0.335 e. The number of piperidine rings is 1. The molecule has 1 fully saturated rings. The number of carbonyl (C=O) groups is 1. The van der Waals surface area contributed by atoms with E-state index in [4.69, 9.17) is 0 Å². The third kappa shape index (κ3) is 5.19. The molecule has 1 aromatic carbocycles. The van der Waals surface area contributed by atoms with Gasteiger partial charge in [-0.2, -0.15) is 0 Å². The number of benzene rings is 1. The highest BCUT2D eigenvalue weighted by Crippen LogP contribution is 2.14. The molecule has 1 heterocycles. The van der Waals surface area contributed by atoms with Crippen molar-refractivity contribution >= 4 is 6.03 Å². The van der Waals surface area contributed by atoms with Gasteiger partial charge < -0.3 is 10.6 Å². The Bertz CT molecular complexity index is 467. The summed E-state index contributed by atoms with van der Waals surface area (Å²) in [4.78, 5) is 13.9. The van der Waals surface area contributed by atoms with Crippen molar-refractivity contribution in [2.24, 2.45) is 0 Å². The predicted octanol–water partition coefficient (Wildman–Crippen LogP) is 2.28. The number of nitrogens with one attached hydrogen (secondary N) is 2. The van der Waals surface area contributed by atoms with E-state index in [9.17, 15) is 9.18 Å². The molecule has 0 unspecified atom stereocenters. The minimum atomic E-state index is -0.202. The van der Waals surface area contributed by atoms with Crippen molar-refractivity contribution in [1.82, 2.24) is 15.5 Å². The second kappa shape index (κ2) is 7.78. The highest BCUT2D eigenvalue weighted by atomic mass is 19.1. The topological polar surface area (TPSA) is 44.4 Å². The number of nitrogens with zero attached hydrogens (tertiary/aromatic N) is 1. The summed E-state index contributed by atoms with van der Waals surface area (Å²) in [7, 11) is 0. The zero-order chi connectivity index (χ0) is 15.1. The number of carbonyl (C=O) groups excluding carboxylic acids is 1. The molecule has 4 nitrogen and oxygen atoms in total. The van der Waals surface area contributed by atoms with Gasteiger partial charge in [0.25, 0.3) is 0 Å². The number of rotatable bonds is 5. The average molecular weight is 291 g/mol. The van der Waals surface area contributed by atoms with Crippen LogP contribution in [0.15, 0.2) is 36.9 Å². The SMILES string of the molecule is C=CCNC(=O)NC1CCN(Cc2ccc(F)cc2)CC1. The van der Waals surface area contributed by atoms with Crippen molar-refractivity contribution in [3.63, 3.8) is 0 Å². The molecule has 0 bridgehead atoms. The summed E-state index contributed by atoms with van der Waals surface area (Å²) in [5, 5.41) is 5.69. The smallest absolute Gasteiger partial charge is 0.315 e. The molecule has 1 aliphatic rings. The second-order valence-corrected chi connectivity index (χ2v) is 5.32. The average Bonchev–Trinajstić information content (AvgIpc) is 2.49. The molecule has 2 N–H and O–H groups in total. The quantitative estimate of drug-likeness (QED) is 0.817. The maximum Gasteiger partial charge on any atom is 0.315 e. The molecule has 0 atom stereocenters. The van der Waals surface area contributed by atoms with Gasteiger partial charge in [0.2, 0.25) is 0 Å². The summed E-state index contributed by atoms with van der Waals surface area (Å²) in [6.07, 6.45) is 3.52. The van der Waals surface area contributed by atoms with Crippen molar-refractivity contribution < 1.29 is 9.18 Å². The van der Waals surface area contributed by atoms with Crippen LogP contribution in [0.5, 0.6) is 0 Å². The third-order valence-electron chi connectivity index (χ3n) is 3.65. The number of amides is 2. The van der Waals surface area contributed by atoms with E-state index < -0.39 is 0 Å². The molecule has 0 radical (unpaired) electrons. The van der Waals surface area contributed by atoms with Crippen LogP contribution < -0.4 is 10.6 Å². The summed E-state index contributed by atoms with van der Waals surface area (Å²) >= 11 is 0. The Morgan fingerprint density at radius 1 is 1.33 bits per heavy atom. The fraction of sp³-hybridized carbons (Fsp3) is 0.438. The zero-order valence-electron chi connectivity index (χ0n) is 12.1. The van der Waals surface area contributed by atoms with Crippen molar-refractivity contribution in [1.29, 1.82) is 0 Å². The first kappa shape index (κ1) is 15.5. The Labute approximate surface area is 125 Å². The fourth-order valence-corrected chi connectivity index (χ4v) is 2.48. The first-order valence-electron chi connectivity index (χ1n) is 7.29. The van der Waals surface area contributed by atoms with E-state index in [0.717, 1.165) is 38.0 Å². The Morgan fingerprint density at radius 2 is 2.00 bits per heavy atom. The van der Waals surface area contributed by atoms with Crippen LogP contribution in [-0.2, 0) is 6.54 Å². The van der Waals surface area contributed by atoms with Gasteiger partial charge in [0, 0.05) is 32.2 Å².